The van der Waals surface area contributed by atoms with Crippen molar-refractivity contribution in [1.29, 1.82) is 0 Å². The van der Waals surface area contributed by atoms with Crippen molar-refractivity contribution in [2.45, 2.75) is 23.9 Å². The van der Waals surface area contributed by atoms with Crippen LogP contribution in [0.3, 0.4) is 0 Å². The van der Waals surface area contributed by atoms with Crippen LogP contribution >= 0.6 is 11.8 Å². The highest BCUT2D eigenvalue weighted by molar-refractivity contribution is 7.98. The number of nitrogens with zero attached hydrogens (tertiary/aromatic N) is 4. The lowest BCUT2D eigenvalue weighted by Gasteiger charge is -2.18. The average Bonchev–Trinajstić information content (AvgIpc) is 3.22. The van der Waals surface area contributed by atoms with Gasteiger partial charge in [-0.3, -0.25) is 9.36 Å². The lowest BCUT2D eigenvalue weighted by molar-refractivity contribution is 0.156. The molecule has 2 heterocycles. The van der Waals surface area contributed by atoms with E-state index in [2.05, 4.69) is 10.2 Å². The Morgan fingerprint density at radius 2 is 1.86 bits per heavy atom. The highest BCUT2D eigenvalue weighted by Gasteiger charge is 2.18. The second-order valence-electron chi connectivity index (χ2n) is 6.55. The van der Waals surface area contributed by atoms with Gasteiger partial charge in [0.2, 0.25) is 11.8 Å². The minimum Gasteiger partial charge on any atom is -0.420 e. The molecule has 0 unspecified atom stereocenters. The van der Waals surface area contributed by atoms with E-state index in [0.29, 0.717) is 40.2 Å². The molecule has 4 aromatic rings. The molecular weight excluding hydrogens is 388 g/mol. The molecular formula is C21H20N4O3S. The number of benzene rings is 2. The predicted molar refractivity (Wildman–Crippen MR) is 112 cm³/mol. The predicted octanol–water partition coefficient (Wildman–Crippen LogP) is 3.95. The molecule has 0 aliphatic heterocycles. The first-order valence-electron chi connectivity index (χ1n) is 9.18. The molecule has 0 bridgehead atoms. The number of aromatic nitrogens is 4. The first-order chi connectivity index (χ1) is 14.2. The van der Waals surface area contributed by atoms with Gasteiger partial charge in [-0.05, 0) is 31.2 Å². The smallest absolute Gasteiger partial charge is 0.262 e. The third-order valence-corrected chi connectivity index (χ3v) is 5.37. The first kappa shape index (κ1) is 19.4. The molecule has 0 N–H and O–H groups in total. The van der Waals surface area contributed by atoms with Crippen molar-refractivity contribution in [1.82, 2.24) is 19.7 Å². The molecule has 29 heavy (non-hydrogen) atoms. The topological polar surface area (TPSA) is 83.0 Å². The van der Waals surface area contributed by atoms with Gasteiger partial charge in [-0.15, -0.1) is 10.2 Å². The third-order valence-electron chi connectivity index (χ3n) is 4.44. The van der Waals surface area contributed by atoms with Gasteiger partial charge in [0.25, 0.3) is 5.56 Å². The average molecular weight is 408 g/mol. The molecule has 0 aliphatic rings. The Bertz CT molecular complexity index is 1170. The summed E-state index contributed by atoms with van der Waals surface area (Å²) < 4.78 is 12.7. The van der Waals surface area contributed by atoms with Crippen LogP contribution in [0.1, 0.15) is 18.9 Å². The standard InChI is InChI=1S/C21H20N4O3S/c1-14(12-27-2)25-20(26)16-10-6-7-11-17(16)22-21(25)29-13-18-23-24-19(28-18)15-8-4-3-5-9-15/h3-11,14H,12-13H2,1-2H3/t14-/m1/s1. The molecule has 0 fully saturated rings. The second-order valence-corrected chi connectivity index (χ2v) is 7.49. The SMILES string of the molecule is COC[C@@H](C)n1c(SCc2nnc(-c3ccccc3)o2)nc2ccccc2c1=O. The molecule has 0 saturated carbocycles. The maximum atomic E-state index is 13.1. The van der Waals surface area contributed by atoms with E-state index in [1.165, 1.54) is 11.8 Å². The Kier molecular flexibility index (Phi) is 5.73. The third kappa shape index (κ3) is 4.08. The molecule has 8 heteroatoms. The summed E-state index contributed by atoms with van der Waals surface area (Å²) in [6.45, 7) is 2.35. The van der Waals surface area contributed by atoms with Gasteiger partial charge < -0.3 is 9.15 Å². The Morgan fingerprint density at radius 1 is 1.10 bits per heavy atom. The van der Waals surface area contributed by atoms with E-state index in [-0.39, 0.29) is 11.6 Å². The Morgan fingerprint density at radius 3 is 2.66 bits per heavy atom. The van der Waals surface area contributed by atoms with Crippen molar-refractivity contribution in [2.24, 2.45) is 0 Å². The summed E-state index contributed by atoms with van der Waals surface area (Å²) in [5.41, 5.74) is 1.44. The fourth-order valence-corrected chi connectivity index (χ4v) is 4.00. The second kappa shape index (κ2) is 8.59. The Balaban J connectivity index is 1.64. The number of hydrogen-bond acceptors (Lipinski definition) is 7. The van der Waals surface area contributed by atoms with E-state index in [1.807, 2.05) is 55.5 Å². The number of methoxy groups -OCH3 is 1. The number of hydrogen-bond donors (Lipinski definition) is 0. The van der Waals surface area contributed by atoms with Crippen molar-refractivity contribution in [2.75, 3.05) is 13.7 Å². The van der Waals surface area contributed by atoms with Crippen LogP contribution in [0, 0.1) is 0 Å². The Labute approximate surface area is 171 Å². The summed E-state index contributed by atoms with van der Waals surface area (Å²) in [7, 11) is 1.62. The van der Waals surface area contributed by atoms with Crippen molar-refractivity contribution in [3.63, 3.8) is 0 Å². The van der Waals surface area contributed by atoms with Crippen molar-refractivity contribution < 1.29 is 9.15 Å². The van der Waals surface area contributed by atoms with Crippen LogP contribution in [0.15, 0.2) is 69.0 Å². The van der Waals surface area contributed by atoms with Crippen molar-refractivity contribution >= 4 is 22.7 Å². The summed E-state index contributed by atoms with van der Waals surface area (Å²) >= 11 is 1.39. The van der Waals surface area contributed by atoms with Gasteiger partial charge in [0.15, 0.2) is 5.16 Å². The van der Waals surface area contributed by atoms with E-state index in [9.17, 15) is 4.79 Å². The summed E-state index contributed by atoms with van der Waals surface area (Å²) in [5, 5.41) is 9.42. The highest BCUT2D eigenvalue weighted by atomic mass is 32.2. The van der Waals surface area contributed by atoms with Crippen LogP contribution in [0.4, 0.5) is 0 Å². The van der Waals surface area contributed by atoms with Crippen molar-refractivity contribution in [3.05, 3.63) is 70.8 Å². The molecule has 0 radical (unpaired) electrons. The van der Waals surface area contributed by atoms with Crippen LogP contribution in [0.2, 0.25) is 0 Å². The normalized spacial score (nSPS) is 12.3. The molecule has 4 rings (SSSR count). The summed E-state index contributed by atoms with van der Waals surface area (Å²) in [4.78, 5) is 17.8. The van der Waals surface area contributed by atoms with Crippen LogP contribution in [-0.4, -0.2) is 33.5 Å². The van der Waals surface area contributed by atoms with Crippen LogP contribution in [0.5, 0.6) is 0 Å². The minimum absolute atomic E-state index is 0.0850. The monoisotopic (exact) mass is 408 g/mol. The van der Waals surface area contributed by atoms with Gasteiger partial charge >= 0.3 is 0 Å². The zero-order chi connectivity index (χ0) is 20.2. The van der Waals surface area contributed by atoms with Gasteiger partial charge in [0.1, 0.15) is 0 Å². The summed E-state index contributed by atoms with van der Waals surface area (Å²) in [6.07, 6.45) is 0. The largest absolute Gasteiger partial charge is 0.420 e. The number of thioether (sulfide) groups is 1. The molecule has 0 aliphatic carbocycles. The maximum Gasteiger partial charge on any atom is 0.262 e. The maximum absolute atomic E-state index is 13.1. The molecule has 7 nitrogen and oxygen atoms in total. The van der Waals surface area contributed by atoms with Crippen molar-refractivity contribution in [3.8, 4) is 11.5 Å². The summed E-state index contributed by atoms with van der Waals surface area (Å²) in [5.74, 6) is 1.35. The molecule has 0 spiro atoms. The van der Waals surface area contributed by atoms with Gasteiger partial charge in [0, 0.05) is 12.7 Å². The van der Waals surface area contributed by atoms with Gasteiger partial charge in [-0.2, -0.15) is 0 Å². The Hall–Kier alpha value is -2.97. The lowest BCUT2D eigenvalue weighted by Crippen LogP contribution is -2.28. The minimum atomic E-state index is -0.158. The van der Waals surface area contributed by atoms with Crippen LogP contribution in [-0.2, 0) is 10.5 Å². The quantitative estimate of drug-likeness (QED) is 0.338. The van der Waals surface area contributed by atoms with Crippen LogP contribution < -0.4 is 5.56 Å². The van der Waals surface area contributed by atoms with E-state index < -0.39 is 0 Å². The zero-order valence-corrected chi connectivity index (χ0v) is 16.9. The van der Waals surface area contributed by atoms with E-state index in [1.54, 1.807) is 17.7 Å². The summed E-state index contributed by atoms with van der Waals surface area (Å²) in [6, 6.07) is 16.8. The number of ether oxygens (including phenoxy) is 1. The lowest BCUT2D eigenvalue weighted by atomic mass is 10.2. The zero-order valence-electron chi connectivity index (χ0n) is 16.1. The van der Waals surface area contributed by atoms with E-state index in [4.69, 9.17) is 14.1 Å². The fourth-order valence-electron chi connectivity index (χ4n) is 3.07. The van der Waals surface area contributed by atoms with Crippen LogP contribution in [0.25, 0.3) is 22.4 Å². The molecule has 0 amide bonds. The van der Waals surface area contributed by atoms with Gasteiger partial charge in [0.05, 0.1) is 29.3 Å². The molecule has 1 atom stereocenters. The van der Waals surface area contributed by atoms with E-state index >= 15 is 0 Å². The van der Waals surface area contributed by atoms with Gasteiger partial charge in [-0.25, -0.2) is 4.98 Å². The fraction of sp³-hybridized carbons (Fsp3) is 0.238. The molecule has 0 saturated heterocycles. The highest BCUT2D eigenvalue weighted by Crippen LogP contribution is 2.25. The van der Waals surface area contributed by atoms with Gasteiger partial charge in [-0.1, -0.05) is 42.1 Å². The number of fused-ring (bicyclic) bond motifs is 1. The molecule has 2 aromatic heterocycles. The van der Waals surface area contributed by atoms with E-state index in [0.717, 1.165) is 5.56 Å². The number of para-hydroxylation sites is 1. The first-order valence-corrected chi connectivity index (χ1v) is 10.2. The molecule has 148 valence electrons. The number of rotatable bonds is 7. The molecule has 2 aromatic carbocycles.